The van der Waals surface area contributed by atoms with Crippen LogP contribution in [0.1, 0.15) is 56.9 Å². The van der Waals surface area contributed by atoms with Crippen molar-refractivity contribution < 1.29 is 23.1 Å². The maximum Gasteiger partial charge on any atom is 0.254 e. The fraction of sp³-hybridized carbons (Fsp3) is 0.292. The maximum atomic E-state index is 14.0. The van der Waals surface area contributed by atoms with Gasteiger partial charge in [0.1, 0.15) is 16.6 Å². The molecule has 0 saturated carbocycles. The van der Waals surface area contributed by atoms with E-state index in [0.29, 0.717) is 29.2 Å². The first-order valence-corrected chi connectivity index (χ1v) is 11.2. The van der Waals surface area contributed by atoms with E-state index in [2.05, 4.69) is 4.98 Å². The SMILES string of the molecule is CC(C)[C@H](c1ncc(C=O)s1)N1CCCc2ccc(Oc3ccc(F)cc3F)cc2C1=O. The highest BCUT2D eigenvalue weighted by Crippen LogP contribution is 2.36. The summed E-state index contributed by atoms with van der Waals surface area (Å²) in [6.07, 6.45) is 3.78. The molecule has 2 heterocycles. The second-order valence-electron chi connectivity index (χ2n) is 8.01. The molecule has 1 aliphatic rings. The highest BCUT2D eigenvalue weighted by atomic mass is 32.1. The van der Waals surface area contributed by atoms with Gasteiger partial charge in [0.15, 0.2) is 17.9 Å². The van der Waals surface area contributed by atoms with E-state index >= 15 is 0 Å². The molecule has 0 radical (unpaired) electrons. The van der Waals surface area contributed by atoms with E-state index in [1.54, 1.807) is 17.0 Å². The van der Waals surface area contributed by atoms with Gasteiger partial charge in [-0.3, -0.25) is 9.59 Å². The molecule has 3 aromatic rings. The van der Waals surface area contributed by atoms with Gasteiger partial charge in [0.25, 0.3) is 5.91 Å². The van der Waals surface area contributed by atoms with Crippen LogP contribution in [0.15, 0.2) is 42.6 Å². The van der Waals surface area contributed by atoms with Crippen LogP contribution in [0.5, 0.6) is 11.5 Å². The number of aryl methyl sites for hydroxylation is 1. The number of amides is 1. The average Bonchev–Trinajstić information content (AvgIpc) is 3.17. The topological polar surface area (TPSA) is 59.5 Å². The van der Waals surface area contributed by atoms with Crippen molar-refractivity contribution in [3.8, 4) is 11.5 Å². The van der Waals surface area contributed by atoms with Gasteiger partial charge < -0.3 is 9.64 Å². The summed E-state index contributed by atoms with van der Waals surface area (Å²) in [7, 11) is 0. The van der Waals surface area contributed by atoms with Crippen LogP contribution >= 0.6 is 11.3 Å². The number of benzene rings is 2. The largest absolute Gasteiger partial charge is 0.454 e. The van der Waals surface area contributed by atoms with Crippen LogP contribution in [0.3, 0.4) is 0 Å². The van der Waals surface area contributed by atoms with E-state index in [-0.39, 0.29) is 23.6 Å². The Balaban J connectivity index is 1.67. The van der Waals surface area contributed by atoms with Gasteiger partial charge in [0, 0.05) is 24.4 Å². The molecule has 0 saturated heterocycles. The minimum Gasteiger partial charge on any atom is -0.454 e. The summed E-state index contributed by atoms with van der Waals surface area (Å²) in [6, 6.07) is 7.91. The molecule has 32 heavy (non-hydrogen) atoms. The molecule has 1 aliphatic heterocycles. The third-order valence-corrected chi connectivity index (χ3v) is 6.41. The van der Waals surface area contributed by atoms with E-state index in [9.17, 15) is 18.4 Å². The van der Waals surface area contributed by atoms with E-state index in [1.807, 2.05) is 19.9 Å². The molecule has 1 amide bonds. The fourth-order valence-electron chi connectivity index (χ4n) is 3.95. The Morgan fingerprint density at radius 3 is 2.69 bits per heavy atom. The van der Waals surface area contributed by atoms with E-state index in [4.69, 9.17) is 4.74 Å². The highest BCUT2D eigenvalue weighted by Gasteiger charge is 2.33. The standard InChI is InChI=1S/C24H22F2N2O3S/c1-14(2)22(23-27-12-18(13-29)32-23)28-9-3-4-15-5-7-17(11-19(15)24(28)30)31-21-8-6-16(25)10-20(21)26/h5-8,10-14,22H,3-4,9H2,1-2H3/t22-/m1/s1. The fourth-order valence-corrected chi connectivity index (χ4v) is 4.97. The van der Waals surface area contributed by atoms with Crippen molar-refractivity contribution in [3.05, 3.63) is 75.2 Å². The Hall–Kier alpha value is -3.13. The van der Waals surface area contributed by atoms with Crippen LogP contribution in [0.25, 0.3) is 0 Å². The van der Waals surface area contributed by atoms with Crippen LogP contribution in [0.2, 0.25) is 0 Å². The number of fused-ring (bicyclic) bond motifs is 1. The predicted octanol–water partition coefficient (Wildman–Crippen LogP) is 5.81. The Morgan fingerprint density at radius 1 is 1.19 bits per heavy atom. The minimum absolute atomic E-state index is 0.0823. The van der Waals surface area contributed by atoms with Crippen molar-refractivity contribution in [2.24, 2.45) is 5.92 Å². The number of carbonyl (C=O) groups excluding carboxylic acids is 2. The third kappa shape index (κ3) is 4.41. The van der Waals surface area contributed by atoms with Gasteiger partial charge in [0.2, 0.25) is 0 Å². The molecule has 0 unspecified atom stereocenters. The summed E-state index contributed by atoms with van der Waals surface area (Å²) in [5.74, 6) is -1.41. The lowest BCUT2D eigenvalue weighted by Crippen LogP contribution is -2.37. The zero-order valence-electron chi connectivity index (χ0n) is 17.7. The molecule has 4 rings (SSSR count). The van der Waals surface area contributed by atoms with Crippen molar-refractivity contribution >= 4 is 23.5 Å². The van der Waals surface area contributed by atoms with Gasteiger partial charge in [-0.1, -0.05) is 19.9 Å². The van der Waals surface area contributed by atoms with Gasteiger partial charge in [-0.05, 0) is 48.6 Å². The maximum absolute atomic E-state index is 14.0. The molecular weight excluding hydrogens is 434 g/mol. The molecule has 166 valence electrons. The van der Waals surface area contributed by atoms with Crippen LogP contribution in [0.4, 0.5) is 8.78 Å². The number of nitrogens with zero attached hydrogens (tertiary/aromatic N) is 2. The minimum atomic E-state index is -0.817. The van der Waals surface area contributed by atoms with Gasteiger partial charge >= 0.3 is 0 Å². The molecule has 1 atom stereocenters. The van der Waals surface area contributed by atoms with Crippen LogP contribution in [-0.2, 0) is 6.42 Å². The monoisotopic (exact) mass is 456 g/mol. The first-order valence-electron chi connectivity index (χ1n) is 10.3. The lowest BCUT2D eigenvalue weighted by Gasteiger charge is -2.32. The molecule has 0 bridgehead atoms. The normalized spacial score (nSPS) is 14.8. The van der Waals surface area contributed by atoms with Gasteiger partial charge in [0.05, 0.1) is 10.9 Å². The quantitative estimate of drug-likeness (QED) is 0.439. The first-order chi connectivity index (χ1) is 15.4. The van der Waals surface area contributed by atoms with Gasteiger partial charge in [-0.2, -0.15) is 0 Å². The Morgan fingerprint density at radius 2 is 2.00 bits per heavy atom. The molecule has 1 aromatic heterocycles. The van der Waals surface area contributed by atoms with Crippen molar-refractivity contribution in [1.29, 1.82) is 0 Å². The van der Waals surface area contributed by atoms with Gasteiger partial charge in [-0.15, -0.1) is 11.3 Å². The summed E-state index contributed by atoms with van der Waals surface area (Å²) in [4.78, 5) is 31.4. The molecule has 0 N–H and O–H groups in total. The number of thiazole rings is 1. The Kier molecular flexibility index (Phi) is 6.32. The second kappa shape index (κ2) is 9.16. The molecule has 0 spiro atoms. The Bertz CT molecular complexity index is 1160. The predicted molar refractivity (Wildman–Crippen MR) is 117 cm³/mol. The van der Waals surface area contributed by atoms with Crippen LogP contribution in [0, 0.1) is 17.6 Å². The molecule has 5 nitrogen and oxygen atoms in total. The summed E-state index contributed by atoms with van der Waals surface area (Å²) in [5.41, 5.74) is 1.37. The molecule has 0 fully saturated rings. The first kappa shape index (κ1) is 22.1. The van der Waals surface area contributed by atoms with Crippen LogP contribution in [-0.4, -0.2) is 28.6 Å². The highest BCUT2D eigenvalue weighted by molar-refractivity contribution is 7.13. The number of carbonyl (C=O) groups is 2. The lowest BCUT2D eigenvalue weighted by atomic mass is 10.0. The van der Waals surface area contributed by atoms with Crippen molar-refractivity contribution in [3.63, 3.8) is 0 Å². The summed E-state index contributed by atoms with van der Waals surface area (Å²) in [6.45, 7) is 4.58. The Labute approximate surface area is 188 Å². The number of hydrogen-bond donors (Lipinski definition) is 0. The molecule has 0 aliphatic carbocycles. The number of rotatable bonds is 6. The number of aldehydes is 1. The number of aromatic nitrogens is 1. The van der Waals surface area contributed by atoms with Crippen LogP contribution < -0.4 is 4.74 Å². The van der Waals surface area contributed by atoms with E-state index in [0.717, 1.165) is 35.4 Å². The van der Waals surface area contributed by atoms with Gasteiger partial charge in [-0.25, -0.2) is 13.8 Å². The van der Waals surface area contributed by atoms with Crippen molar-refractivity contribution in [2.75, 3.05) is 6.54 Å². The second-order valence-corrected chi connectivity index (χ2v) is 9.10. The van der Waals surface area contributed by atoms with Crippen molar-refractivity contribution in [2.45, 2.75) is 32.7 Å². The zero-order chi connectivity index (χ0) is 22.8. The molecule has 2 aromatic carbocycles. The molecular formula is C24H22F2N2O3S. The van der Waals surface area contributed by atoms with Crippen molar-refractivity contribution in [1.82, 2.24) is 9.88 Å². The number of ether oxygens (including phenoxy) is 1. The average molecular weight is 457 g/mol. The molecule has 8 heteroatoms. The van der Waals surface area contributed by atoms with E-state index < -0.39 is 11.6 Å². The summed E-state index contributed by atoms with van der Waals surface area (Å²) in [5, 5.41) is 0.722. The zero-order valence-corrected chi connectivity index (χ0v) is 18.5. The number of halogens is 2. The third-order valence-electron chi connectivity index (χ3n) is 5.42. The summed E-state index contributed by atoms with van der Waals surface area (Å²) >= 11 is 1.29. The lowest BCUT2D eigenvalue weighted by molar-refractivity contribution is 0.0628. The summed E-state index contributed by atoms with van der Waals surface area (Å²) < 4.78 is 32.8. The van der Waals surface area contributed by atoms with E-state index in [1.165, 1.54) is 23.6 Å². The smallest absolute Gasteiger partial charge is 0.254 e. The number of hydrogen-bond acceptors (Lipinski definition) is 5.